The van der Waals surface area contributed by atoms with Crippen LogP contribution in [-0.4, -0.2) is 0 Å². The highest BCUT2D eigenvalue weighted by molar-refractivity contribution is 5.68. The van der Waals surface area contributed by atoms with Gasteiger partial charge < -0.3 is 0 Å². The number of aryl methyl sites for hydroxylation is 2. The molecule has 0 nitrogen and oxygen atoms in total. The Bertz CT molecular complexity index is 422. The van der Waals surface area contributed by atoms with Crippen LogP contribution >= 0.6 is 0 Å². The summed E-state index contributed by atoms with van der Waals surface area (Å²) in [6, 6.07) is 6.68. The Kier molecular flexibility index (Phi) is 5.21. The Morgan fingerprint density at radius 3 is 2.53 bits per heavy atom. The Labute approximate surface area is 106 Å². The highest BCUT2D eigenvalue weighted by Crippen LogP contribution is 2.26. The first-order valence-electron chi connectivity index (χ1n) is 6.48. The molecule has 0 N–H and O–H groups in total. The summed E-state index contributed by atoms with van der Waals surface area (Å²) in [5.41, 5.74) is 6.89. The SMILES string of the molecule is C=C(CC)CC/C(=C/C)c1cc(C)ccc1C. The van der Waals surface area contributed by atoms with E-state index in [1.54, 1.807) is 0 Å². The molecule has 0 heteroatoms. The smallest absolute Gasteiger partial charge is 0.0196 e. The van der Waals surface area contributed by atoms with E-state index in [1.807, 2.05) is 0 Å². The van der Waals surface area contributed by atoms with Crippen molar-refractivity contribution in [3.05, 3.63) is 53.1 Å². The van der Waals surface area contributed by atoms with Crippen LogP contribution in [0.2, 0.25) is 0 Å². The lowest BCUT2D eigenvalue weighted by molar-refractivity contribution is 0.923. The van der Waals surface area contributed by atoms with E-state index in [1.165, 1.54) is 27.8 Å². The van der Waals surface area contributed by atoms with E-state index < -0.39 is 0 Å². The highest BCUT2D eigenvalue weighted by Gasteiger charge is 2.05. The van der Waals surface area contributed by atoms with Gasteiger partial charge in [0, 0.05) is 0 Å². The average Bonchev–Trinajstić information content (AvgIpc) is 2.33. The Morgan fingerprint density at radius 1 is 1.24 bits per heavy atom. The summed E-state index contributed by atoms with van der Waals surface area (Å²) in [4.78, 5) is 0. The normalized spacial score (nSPS) is 11.6. The van der Waals surface area contributed by atoms with Crippen LogP contribution in [0, 0.1) is 13.8 Å². The zero-order chi connectivity index (χ0) is 12.8. The van der Waals surface area contributed by atoms with E-state index in [9.17, 15) is 0 Å². The zero-order valence-electron chi connectivity index (χ0n) is 11.6. The molecule has 0 unspecified atom stereocenters. The number of rotatable bonds is 5. The molecule has 0 radical (unpaired) electrons. The van der Waals surface area contributed by atoms with Crippen LogP contribution in [0.25, 0.3) is 5.57 Å². The lowest BCUT2D eigenvalue weighted by atomic mass is 9.93. The summed E-state index contributed by atoms with van der Waals surface area (Å²) in [5, 5.41) is 0. The van der Waals surface area contributed by atoms with E-state index in [-0.39, 0.29) is 0 Å². The van der Waals surface area contributed by atoms with Gasteiger partial charge in [-0.25, -0.2) is 0 Å². The molecule has 0 atom stereocenters. The second-order valence-corrected chi connectivity index (χ2v) is 4.74. The molecule has 0 amide bonds. The second kappa shape index (κ2) is 6.44. The van der Waals surface area contributed by atoms with Crippen molar-refractivity contribution < 1.29 is 0 Å². The van der Waals surface area contributed by atoms with Gasteiger partial charge in [-0.15, -0.1) is 0 Å². The third-order valence-electron chi connectivity index (χ3n) is 3.34. The molecule has 0 spiro atoms. The van der Waals surface area contributed by atoms with Crippen LogP contribution in [0.5, 0.6) is 0 Å². The molecule has 1 rings (SSSR count). The van der Waals surface area contributed by atoms with Gasteiger partial charge in [0.05, 0.1) is 0 Å². The minimum absolute atomic E-state index is 1.09. The average molecular weight is 228 g/mol. The van der Waals surface area contributed by atoms with Crippen LogP contribution in [0.3, 0.4) is 0 Å². The van der Waals surface area contributed by atoms with Gasteiger partial charge in [-0.05, 0) is 56.7 Å². The molecule has 0 aliphatic heterocycles. The fraction of sp³-hybridized carbons (Fsp3) is 0.412. The third kappa shape index (κ3) is 3.89. The fourth-order valence-corrected chi connectivity index (χ4v) is 2.00. The van der Waals surface area contributed by atoms with Crippen LogP contribution < -0.4 is 0 Å². The molecular weight excluding hydrogens is 204 g/mol. The molecular formula is C17H24. The van der Waals surface area contributed by atoms with Crippen molar-refractivity contribution in [2.75, 3.05) is 0 Å². The Morgan fingerprint density at radius 2 is 1.94 bits per heavy atom. The van der Waals surface area contributed by atoms with Crippen molar-refractivity contribution in [1.29, 1.82) is 0 Å². The standard InChI is InChI=1S/C17H24/c1-6-13(3)9-11-16(7-2)17-12-14(4)8-10-15(17)5/h7-8,10,12H,3,6,9,11H2,1-2,4-5H3/b16-7-. The van der Waals surface area contributed by atoms with E-state index in [2.05, 4.69) is 58.5 Å². The van der Waals surface area contributed by atoms with Gasteiger partial charge in [-0.2, -0.15) is 0 Å². The molecule has 0 aromatic heterocycles. The van der Waals surface area contributed by atoms with E-state index >= 15 is 0 Å². The maximum Gasteiger partial charge on any atom is -0.0196 e. The third-order valence-corrected chi connectivity index (χ3v) is 3.34. The topological polar surface area (TPSA) is 0 Å². The predicted octanol–water partition coefficient (Wildman–Crippen LogP) is 5.45. The molecule has 0 heterocycles. The molecule has 0 bridgehead atoms. The number of benzene rings is 1. The van der Waals surface area contributed by atoms with Gasteiger partial charge in [0.15, 0.2) is 0 Å². The van der Waals surface area contributed by atoms with Crippen molar-refractivity contribution in [2.45, 2.75) is 47.0 Å². The number of hydrogen-bond acceptors (Lipinski definition) is 0. The first-order chi connectivity index (χ1) is 8.08. The molecule has 1 aromatic rings. The monoisotopic (exact) mass is 228 g/mol. The van der Waals surface area contributed by atoms with Crippen LogP contribution in [0.15, 0.2) is 36.4 Å². The van der Waals surface area contributed by atoms with Crippen molar-refractivity contribution in [3.8, 4) is 0 Å². The summed E-state index contributed by atoms with van der Waals surface area (Å²) in [5.74, 6) is 0. The maximum atomic E-state index is 4.09. The molecule has 92 valence electrons. The molecule has 17 heavy (non-hydrogen) atoms. The Balaban J connectivity index is 2.87. The van der Waals surface area contributed by atoms with Gasteiger partial charge in [0.2, 0.25) is 0 Å². The second-order valence-electron chi connectivity index (χ2n) is 4.74. The molecule has 0 fully saturated rings. The van der Waals surface area contributed by atoms with Crippen LogP contribution in [0.4, 0.5) is 0 Å². The zero-order valence-corrected chi connectivity index (χ0v) is 11.6. The predicted molar refractivity (Wildman–Crippen MR) is 78.2 cm³/mol. The summed E-state index contributed by atoms with van der Waals surface area (Å²) < 4.78 is 0. The van der Waals surface area contributed by atoms with Gasteiger partial charge in [-0.1, -0.05) is 48.9 Å². The summed E-state index contributed by atoms with van der Waals surface area (Å²) in [7, 11) is 0. The summed E-state index contributed by atoms with van der Waals surface area (Å²) in [6.07, 6.45) is 5.53. The van der Waals surface area contributed by atoms with Gasteiger partial charge in [0.25, 0.3) is 0 Å². The molecule has 0 aliphatic rings. The van der Waals surface area contributed by atoms with Crippen LogP contribution in [-0.2, 0) is 0 Å². The van der Waals surface area contributed by atoms with E-state index in [0.717, 1.165) is 19.3 Å². The van der Waals surface area contributed by atoms with Gasteiger partial charge in [0.1, 0.15) is 0 Å². The van der Waals surface area contributed by atoms with Crippen molar-refractivity contribution in [2.24, 2.45) is 0 Å². The summed E-state index contributed by atoms with van der Waals surface area (Å²) >= 11 is 0. The number of hydrogen-bond donors (Lipinski definition) is 0. The van der Waals surface area contributed by atoms with Crippen molar-refractivity contribution >= 4 is 5.57 Å². The minimum atomic E-state index is 1.09. The van der Waals surface area contributed by atoms with Crippen molar-refractivity contribution in [3.63, 3.8) is 0 Å². The van der Waals surface area contributed by atoms with Gasteiger partial charge >= 0.3 is 0 Å². The maximum absolute atomic E-state index is 4.09. The van der Waals surface area contributed by atoms with Gasteiger partial charge in [-0.3, -0.25) is 0 Å². The molecule has 0 saturated heterocycles. The highest BCUT2D eigenvalue weighted by atomic mass is 14.1. The lowest BCUT2D eigenvalue weighted by Crippen LogP contribution is -1.91. The van der Waals surface area contributed by atoms with Crippen LogP contribution in [0.1, 0.15) is 49.8 Å². The van der Waals surface area contributed by atoms with E-state index in [4.69, 9.17) is 0 Å². The fourth-order valence-electron chi connectivity index (χ4n) is 2.00. The molecule has 0 saturated carbocycles. The minimum Gasteiger partial charge on any atom is -0.0999 e. The number of allylic oxidation sites excluding steroid dienone is 3. The molecule has 0 aliphatic carbocycles. The summed E-state index contributed by atoms with van der Waals surface area (Å²) in [6.45, 7) is 12.7. The first-order valence-corrected chi connectivity index (χ1v) is 6.48. The molecule has 1 aromatic carbocycles. The largest absolute Gasteiger partial charge is 0.0999 e. The Hall–Kier alpha value is -1.30. The van der Waals surface area contributed by atoms with Crippen molar-refractivity contribution in [1.82, 2.24) is 0 Å². The lowest BCUT2D eigenvalue weighted by Gasteiger charge is -2.12. The first kappa shape index (κ1) is 13.8. The van der Waals surface area contributed by atoms with E-state index in [0.29, 0.717) is 0 Å². The quantitative estimate of drug-likeness (QED) is 0.588.